The molecule has 0 fully saturated rings. The van der Waals surface area contributed by atoms with Crippen LogP contribution in [0.25, 0.3) is 43.8 Å². The van der Waals surface area contributed by atoms with Crippen molar-refractivity contribution in [2.24, 2.45) is 0 Å². The van der Waals surface area contributed by atoms with E-state index in [1.54, 1.807) is 0 Å². The summed E-state index contributed by atoms with van der Waals surface area (Å²) in [6.45, 7) is 4.14. The number of ether oxygens (including phenoxy) is 2. The van der Waals surface area contributed by atoms with Crippen molar-refractivity contribution in [1.82, 2.24) is 0 Å². The lowest BCUT2D eigenvalue weighted by atomic mass is 9.88. The SMILES string of the molecule is Cc1cccc(Oc2ccc(-c3ccc4c(ccc5ccccc54)c3-c3ccc(Oc4cccc(C)c4)cc3)cc2)c1. The molecular weight excluding hydrogens is 512 g/mol. The number of rotatable bonds is 6. The lowest BCUT2D eigenvalue weighted by molar-refractivity contribution is 0.482. The van der Waals surface area contributed by atoms with Crippen molar-refractivity contribution in [1.29, 1.82) is 0 Å². The molecule has 7 rings (SSSR count). The molecule has 0 aliphatic rings. The molecule has 0 spiro atoms. The van der Waals surface area contributed by atoms with Gasteiger partial charge in [0.05, 0.1) is 0 Å². The van der Waals surface area contributed by atoms with Gasteiger partial charge < -0.3 is 9.47 Å². The maximum absolute atomic E-state index is 6.17. The molecule has 7 aromatic carbocycles. The van der Waals surface area contributed by atoms with Gasteiger partial charge in [-0.1, -0.05) is 97.1 Å². The number of fused-ring (bicyclic) bond motifs is 3. The van der Waals surface area contributed by atoms with Gasteiger partial charge in [0, 0.05) is 0 Å². The Labute approximate surface area is 246 Å². The first-order chi connectivity index (χ1) is 20.6. The minimum absolute atomic E-state index is 0.814. The standard InChI is InChI=1S/C40H30O2/c1-27-7-5-10-34(25-27)41-32-18-13-30(14-19-32)37-23-24-38-36-12-4-3-9-29(36)17-22-39(38)40(37)31-15-20-33(21-16-31)42-35-11-6-8-28(2)26-35/h3-26H,1-2H3. The monoisotopic (exact) mass is 542 g/mol. The van der Waals surface area contributed by atoms with Crippen LogP contribution in [0.4, 0.5) is 0 Å². The van der Waals surface area contributed by atoms with E-state index in [2.05, 4.69) is 111 Å². The van der Waals surface area contributed by atoms with E-state index in [1.165, 1.54) is 43.8 Å². The Morgan fingerprint density at radius 2 is 0.952 bits per heavy atom. The third-order valence-corrected chi connectivity index (χ3v) is 7.68. The van der Waals surface area contributed by atoms with E-state index in [9.17, 15) is 0 Å². The summed E-state index contributed by atoms with van der Waals surface area (Å²) in [5.74, 6) is 3.31. The molecule has 202 valence electrons. The van der Waals surface area contributed by atoms with E-state index in [0.717, 1.165) is 34.1 Å². The molecule has 2 nitrogen and oxygen atoms in total. The fourth-order valence-corrected chi connectivity index (χ4v) is 5.66. The highest BCUT2D eigenvalue weighted by Crippen LogP contribution is 2.41. The lowest BCUT2D eigenvalue weighted by Gasteiger charge is -2.16. The second-order valence-corrected chi connectivity index (χ2v) is 10.8. The molecule has 0 aliphatic carbocycles. The maximum Gasteiger partial charge on any atom is 0.127 e. The highest BCUT2D eigenvalue weighted by atomic mass is 16.5. The zero-order valence-corrected chi connectivity index (χ0v) is 23.7. The van der Waals surface area contributed by atoms with Crippen molar-refractivity contribution < 1.29 is 9.47 Å². The van der Waals surface area contributed by atoms with Crippen LogP contribution in [0.1, 0.15) is 11.1 Å². The van der Waals surface area contributed by atoms with Crippen LogP contribution in [0.15, 0.2) is 146 Å². The van der Waals surface area contributed by atoms with Crippen molar-refractivity contribution in [3.05, 3.63) is 157 Å². The summed E-state index contributed by atoms with van der Waals surface area (Å²) in [6.07, 6.45) is 0. The van der Waals surface area contributed by atoms with Crippen LogP contribution in [-0.2, 0) is 0 Å². The third-order valence-electron chi connectivity index (χ3n) is 7.68. The quantitative estimate of drug-likeness (QED) is 0.195. The molecule has 0 amide bonds. The van der Waals surface area contributed by atoms with Crippen LogP contribution in [-0.4, -0.2) is 0 Å². The van der Waals surface area contributed by atoms with Crippen molar-refractivity contribution in [3.63, 3.8) is 0 Å². The normalized spacial score (nSPS) is 11.1. The third kappa shape index (κ3) is 5.11. The van der Waals surface area contributed by atoms with Gasteiger partial charge in [-0.15, -0.1) is 0 Å². The zero-order valence-electron chi connectivity index (χ0n) is 23.7. The fraction of sp³-hybridized carbons (Fsp3) is 0.0500. The molecule has 0 heterocycles. The number of aryl methyl sites for hydroxylation is 2. The highest BCUT2D eigenvalue weighted by molar-refractivity contribution is 6.14. The number of hydrogen-bond acceptors (Lipinski definition) is 2. The molecule has 7 aromatic rings. The van der Waals surface area contributed by atoms with E-state index in [1.807, 2.05) is 48.5 Å². The van der Waals surface area contributed by atoms with Gasteiger partial charge in [-0.05, 0) is 117 Å². The van der Waals surface area contributed by atoms with E-state index in [-0.39, 0.29) is 0 Å². The first-order valence-electron chi connectivity index (χ1n) is 14.3. The van der Waals surface area contributed by atoms with Crippen LogP contribution in [0.5, 0.6) is 23.0 Å². The number of hydrogen-bond donors (Lipinski definition) is 0. The minimum atomic E-state index is 0.814. The van der Waals surface area contributed by atoms with Crippen LogP contribution in [0.3, 0.4) is 0 Å². The van der Waals surface area contributed by atoms with Gasteiger partial charge in [-0.3, -0.25) is 0 Å². The van der Waals surface area contributed by atoms with E-state index >= 15 is 0 Å². The molecule has 0 aromatic heterocycles. The Bertz CT molecular complexity index is 2040. The van der Waals surface area contributed by atoms with Crippen molar-refractivity contribution in [2.45, 2.75) is 13.8 Å². The van der Waals surface area contributed by atoms with Crippen molar-refractivity contribution in [2.75, 3.05) is 0 Å². The molecule has 2 heteroatoms. The smallest absolute Gasteiger partial charge is 0.127 e. The van der Waals surface area contributed by atoms with E-state index in [0.29, 0.717) is 0 Å². The summed E-state index contributed by atoms with van der Waals surface area (Å²) in [4.78, 5) is 0. The molecule has 0 saturated carbocycles. The highest BCUT2D eigenvalue weighted by Gasteiger charge is 2.14. The largest absolute Gasteiger partial charge is 0.457 e. The van der Waals surface area contributed by atoms with Gasteiger partial charge in [0.1, 0.15) is 23.0 Å². The van der Waals surface area contributed by atoms with Crippen molar-refractivity contribution in [3.8, 4) is 45.3 Å². The summed E-state index contributed by atoms with van der Waals surface area (Å²) < 4.78 is 12.3. The molecular formula is C40H30O2. The van der Waals surface area contributed by atoms with Gasteiger partial charge in [-0.2, -0.15) is 0 Å². The van der Waals surface area contributed by atoms with Gasteiger partial charge in [0.25, 0.3) is 0 Å². The predicted octanol–water partition coefficient (Wildman–Crippen LogP) is 11.5. The molecule has 0 atom stereocenters. The topological polar surface area (TPSA) is 18.5 Å². The summed E-state index contributed by atoms with van der Waals surface area (Å²) in [6, 6.07) is 50.6. The Morgan fingerprint density at radius 3 is 1.57 bits per heavy atom. The van der Waals surface area contributed by atoms with Crippen LogP contribution < -0.4 is 9.47 Å². The summed E-state index contributed by atoms with van der Waals surface area (Å²) in [5, 5.41) is 4.96. The maximum atomic E-state index is 6.17. The van der Waals surface area contributed by atoms with Gasteiger partial charge in [0.15, 0.2) is 0 Å². The van der Waals surface area contributed by atoms with Crippen LogP contribution in [0.2, 0.25) is 0 Å². The average molecular weight is 543 g/mol. The first-order valence-corrected chi connectivity index (χ1v) is 14.3. The predicted molar refractivity (Wildman–Crippen MR) is 175 cm³/mol. The molecule has 42 heavy (non-hydrogen) atoms. The van der Waals surface area contributed by atoms with Crippen molar-refractivity contribution >= 4 is 21.5 Å². The Kier molecular flexibility index (Phi) is 6.65. The van der Waals surface area contributed by atoms with E-state index in [4.69, 9.17) is 9.47 Å². The summed E-state index contributed by atoms with van der Waals surface area (Å²) >= 11 is 0. The van der Waals surface area contributed by atoms with Gasteiger partial charge in [-0.25, -0.2) is 0 Å². The second-order valence-electron chi connectivity index (χ2n) is 10.8. The van der Waals surface area contributed by atoms with Gasteiger partial charge >= 0.3 is 0 Å². The molecule has 0 N–H and O–H groups in total. The molecule has 0 bridgehead atoms. The van der Waals surface area contributed by atoms with Crippen LogP contribution >= 0.6 is 0 Å². The minimum Gasteiger partial charge on any atom is -0.457 e. The zero-order chi connectivity index (χ0) is 28.5. The first kappa shape index (κ1) is 25.6. The average Bonchev–Trinajstić information content (AvgIpc) is 3.01. The molecule has 0 radical (unpaired) electrons. The molecule has 0 unspecified atom stereocenters. The van der Waals surface area contributed by atoms with E-state index < -0.39 is 0 Å². The fourth-order valence-electron chi connectivity index (χ4n) is 5.66. The Balaban J connectivity index is 1.31. The molecule has 0 aliphatic heterocycles. The second kappa shape index (κ2) is 10.9. The Hall–Kier alpha value is -5.34. The summed E-state index contributed by atoms with van der Waals surface area (Å²) in [5.41, 5.74) is 7.00. The lowest BCUT2D eigenvalue weighted by Crippen LogP contribution is -1.91. The summed E-state index contributed by atoms with van der Waals surface area (Å²) in [7, 11) is 0. The Morgan fingerprint density at radius 1 is 0.381 bits per heavy atom. The van der Waals surface area contributed by atoms with Gasteiger partial charge in [0.2, 0.25) is 0 Å². The van der Waals surface area contributed by atoms with Crippen LogP contribution in [0, 0.1) is 13.8 Å². The molecule has 0 saturated heterocycles. The number of benzene rings is 7.